The maximum absolute atomic E-state index is 12.5. The largest absolute Gasteiger partial charge is 0.433 e. The molecule has 10 nitrogen and oxygen atoms in total. The van der Waals surface area contributed by atoms with Gasteiger partial charge in [0.1, 0.15) is 33.6 Å². The molecule has 3 rings (SSSR count). The monoisotopic (exact) mass is 460 g/mol. The van der Waals surface area contributed by atoms with Crippen LogP contribution in [0.5, 0.6) is 5.75 Å². The number of aromatic nitrogens is 2. The smallest absolute Gasteiger partial charge is 0.387 e. The van der Waals surface area contributed by atoms with Crippen LogP contribution in [0, 0.1) is 6.92 Å². The number of aliphatic imine (C=N–C) groups is 1. The summed E-state index contributed by atoms with van der Waals surface area (Å²) < 4.78 is 54.3. The molecule has 3 N–H and O–H groups in total. The number of alkyl halides is 2. The number of hydrogen-bond donors (Lipinski definition) is 2. The van der Waals surface area contributed by atoms with Gasteiger partial charge >= 0.3 is 6.61 Å². The van der Waals surface area contributed by atoms with E-state index in [1.54, 1.807) is 6.92 Å². The average Bonchev–Trinajstić information content (AvgIpc) is 3.08. The van der Waals surface area contributed by atoms with Crippen molar-refractivity contribution in [2.45, 2.75) is 26.0 Å². The van der Waals surface area contributed by atoms with Crippen LogP contribution in [0.1, 0.15) is 28.0 Å². The van der Waals surface area contributed by atoms with Crippen molar-refractivity contribution in [3.8, 4) is 5.75 Å². The average molecular weight is 460 g/mol. The maximum atomic E-state index is 12.5. The number of amides is 1. The summed E-state index contributed by atoms with van der Waals surface area (Å²) in [6.45, 7) is 0.109. The van der Waals surface area contributed by atoms with E-state index in [1.807, 2.05) is 0 Å². The predicted molar refractivity (Wildman–Crippen MR) is 106 cm³/mol. The van der Waals surface area contributed by atoms with Crippen LogP contribution in [0.4, 0.5) is 14.6 Å². The van der Waals surface area contributed by atoms with Crippen molar-refractivity contribution in [2.75, 3.05) is 18.1 Å². The van der Waals surface area contributed by atoms with Gasteiger partial charge in [0.05, 0.1) is 6.20 Å². The number of anilines is 1. The Bertz CT molecular complexity index is 1120. The number of halogens is 2. The lowest BCUT2D eigenvalue weighted by Gasteiger charge is -2.32. The van der Waals surface area contributed by atoms with Crippen molar-refractivity contribution in [1.82, 2.24) is 14.3 Å². The molecule has 14 heteroatoms. The van der Waals surface area contributed by atoms with Crippen LogP contribution in [0.15, 0.2) is 22.6 Å². The molecular formula is C16H18F2N6O4S2. The molecule has 0 aromatic carbocycles. The zero-order valence-electron chi connectivity index (χ0n) is 16.1. The minimum absolute atomic E-state index is 0.00140. The van der Waals surface area contributed by atoms with Crippen molar-refractivity contribution in [3.63, 3.8) is 0 Å². The zero-order chi connectivity index (χ0) is 22.3. The van der Waals surface area contributed by atoms with Crippen LogP contribution < -0.4 is 15.8 Å². The molecule has 3 heterocycles. The lowest BCUT2D eigenvalue weighted by molar-refractivity contribution is -0.0501. The molecule has 1 aliphatic rings. The van der Waals surface area contributed by atoms with Gasteiger partial charge in [-0.3, -0.25) is 4.79 Å². The van der Waals surface area contributed by atoms with Crippen molar-refractivity contribution in [1.29, 1.82) is 0 Å². The van der Waals surface area contributed by atoms with Gasteiger partial charge < -0.3 is 15.8 Å². The van der Waals surface area contributed by atoms with Crippen molar-refractivity contribution >= 4 is 39.0 Å². The lowest BCUT2D eigenvalue weighted by atomic mass is 10.1. The number of hydrogen-bond acceptors (Lipinski definition) is 9. The Morgan fingerprint density at radius 2 is 2.17 bits per heavy atom. The Kier molecular flexibility index (Phi) is 5.64. The third kappa shape index (κ3) is 4.33. The number of rotatable bonds is 5. The highest BCUT2D eigenvalue weighted by Crippen LogP contribution is 2.34. The predicted octanol–water partition coefficient (Wildman–Crippen LogP) is 1.51. The van der Waals surface area contributed by atoms with Gasteiger partial charge in [0, 0.05) is 12.4 Å². The summed E-state index contributed by atoms with van der Waals surface area (Å²) in [4.78, 5) is 24.9. The molecule has 0 aliphatic carbocycles. The van der Waals surface area contributed by atoms with E-state index in [9.17, 15) is 22.0 Å². The summed E-state index contributed by atoms with van der Waals surface area (Å²) in [6, 6.07) is 1.27. The Morgan fingerprint density at radius 1 is 1.47 bits per heavy atom. The second-order valence-electron chi connectivity index (χ2n) is 6.67. The number of nitrogens with zero attached hydrogens (tertiary/aromatic N) is 4. The van der Waals surface area contributed by atoms with Gasteiger partial charge in [-0.25, -0.2) is 27.7 Å². The number of nitrogens with two attached hydrogens (primary N) is 1. The molecule has 30 heavy (non-hydrogen) atoms. The van der Waals surface area contributed by atoms with E-state index in [-0.39, 0.29) is 29.0 Å². The molecule has 0 saturated carbocycles. The zero-order valence-corrected chi connectivity index (χ0v) is 17.7. The number of aryl methyl sites for hydroxylation is 1. The fraction of sp³-hybridized carbons (Fsp3) is 0.375. The molecule has 1 amide bonds. The highest BCUT2D eigenvalue weighted by atomic mass is 32.2. The van der Waals surface area contributed by atoms with E-state index in [0.717, 1.165) is 21.8 Å². The third-order valence-electron chi connectivity index (χ3n) is 4.26. The first-order valence-corrected chi connectivity index (χ1v) is 10.9. The fourth-order valence-electron chi connectivity index (χ4n) is 2.77. The van der Waals surface area contributed by atoms with E-state index in [4.69, 9.17) is 5.73 Å². The molecule has 162 valence electrons. The lowest BCUT2D eigenvalue weighted by Crippen LogP contribution is -2.50. The Hall–Kier alpha value is -2.87. The number of guanidine groups is 1. The first kappa shape index (κ1) is 21.8. The molecule has 0 radical (unpaired) electrons. The third-order valence-corrected chi connectivity index (χ3v) is 7.31. The normalized spacial score (nSPS) is 20.7. The van der Waals surface area contributed by atoms with E-state index in [2.05, 4.69) is 25.0 Å². The van der Waals surface area contributed by atoms with Gasteiger partial charge in [-0.05, 0) is 25.5 Å². The Morgan fingerprint density at radius 3 is 2.77 bits per heavy atom. The standard InChI is InChI=1S/C16H18F2N6O4S2/c1-8-4-9(28-14(17)18)5-20-11(8)12(25)21-10-6-29-13(22-10)16(2)7-30(26,27)24(3)15(19)23-16/h4-6,14H,7H2,1-3H3,(H2,19,23)(H,21,25)/t16-/m0/s1. The highest BCUT2D eigenvalue weighted by molar-refractivity contribution is 7.89. The molecule has 0 fully saturated rings. The summed E-state index contributed by atoms with van der Waals surface area (Å²) in [5.41, 5.74) is 4.85. The van der Waals surface area contributed by atoms with Crippen LogP contribution in [0.3, 0.4) is 0 Å². The minimum Gasteiger partial charge on any atom is -0.433 e. The molecule has 2 aromatic rings. The first-order valence-electron chi connectivity index (χ1n) is 8.42. The first-order chi connectivity index (χ1) is 13.9. The van der Waals surface area contributed by atoms with Gasteiger partial charge in [0.15, 0.2) is 0 Å². The highest BCUT2D eigenvalue weighted by Gasteiger charge is 2.42. The minimum atomic E-state index is -3.66. The van der Waals surface area contributed by atoms with Crippen LogP contribution in [-0.2, 0) is 15.6 Å². The quantitative estimate of drug-likeness (QED) is 0.689. The maximum Gasteiger partial charge on any atom is 0.387 e. The second-order valence-corrected chi connectivity index (χ2v) is 9.53. The van der Waals surface area contributed by atoms with Gasteiger partial charge in [-0.15, -0.1) is 11.3 Å². The van der Waals surface area contributed by atoms with Crippen molar-refractivity contribution in [3.05, 3.63) is 33.9 Å². The summed E-state index contributed by atoms with van der Waals surface area (Å²) in [7, 11) is -2.35. The van der Waals surface area contributed by atoms with Crippen molar-refractivity contribution in [2.24, 2.45) is 10.7 Å². The number of thiazole rings is 1. The van der Waals surface area contributed by atoms with Gasteiger partial charge in [0.2, 0.25) is 16.0 Å². The van der Waals surface area contributed by atoms with Gasteiger partial charge in [0.25, 0.3) is 5.91 Å². The van der Waals surface area contributed by atoms with Crippen LogP contribution in [-0.4, -0.2) is 54.0 Å². The summed E-state index contributed by atoms with van der Waals surface area (Å²) >= 11 is 1.11. The molecule has 1 aliphatic heterocycles. The van der Waals surface area contributed by atoms with Crippen LogP contribution in [0.2, 0.25) is 0 Å². The fourth-order valence-corrected chi connectivity index (χ4v) is 5.15. The van der Waals surface area contributed by atoms with E-state index in [0.29, 0.717) is 10.6 Å². The number of carbonyl (C=O) groups is 1. The number of sulfonamides is 1. The summed E-state index contributed by atoms with van der Waals surface area (Å²) in [5.74, 6) is -1.10. The molecular weight excluding hydrogens is 442 g/mol. The molecule has 2 aromatic heterocycles. The summed E-state index contributed by atoms with van der Waals surface area (Å²) in [6.07, 6.45) is 1.02. The Labute approximate surface area is 174 Å². The number of carbonyl (C=O) groups excluding carboxylic acids is 1. The SMILES string of the molecule is Cc1cc(OC(F)F)cnc1C(=O)Nc1csc([C@]2(C)CS(=O)(=O)N(C)C(N)=N2)n1. The Balaban J connectivity index is 1.80. The van der Waals surface area contributed by atoms with Crippen LogP contribution >= 0.6 is 11.3 Å². The molecule has 0 spiro atoms. The van der Waals surface area contributed by atoms with Gasteiger partial charge in [-0.2, -0.15) is 8.78 Å². The van der Waals surface area contributed by atoms with Crippen molar-refractivity contribution < 1.29 is 26.7 Å². The number of pyridine rings is 1. The molecule has 0 saturated heterocycles. The number of ether oxygens (including phenoxy) is 1. The topological polar surface area (TPSA) is 140 Å². The van der Waals surface area contributed by atoms with E-state index in [1.165, 1.54) is 25.4 Å². The second kappa shape index (κ2) is 7.75. The number of nitrogens with one attached hydrogen (secondary N) is 1. The summed E-state index contributed by atoms with van der Waals surface area (Å²) in [5, 5.41) is 4.42. The molecule has 0 bridgehead atoms. The van der Waals surface area contributed by atoms with E-state index < -0.39 is 28.1 Å². The molecule has 0 unspecified atom stereocenters. The van der Waals surface area contributed by atoms with Gasteiger partial charge in [-0.1, -0.05) is 0 Å². The molecule has 1 atom stereocenters. The van der Waals surface area contributed by atoms with Crippen LogP contribution in [0.25, 0.3) is 0 Å². The van der Waals surface area contributed by atoms with E-state index >= 15 is 0 Å².